The first-order valence-electron chi connectivity index (χ1n) is 10.6. The number of carboxylic acids is 1. The number of nitrogens with one attached hydrogen (secondary N) is 1. The smallest absolute Gasteiger partial charge is 0.407 e. The summed E-state index contributed by atoms with van der Waals surface area (Å²) in [6.45, 7) is -0.0525. The van der Waals surface area contributed by atoms with Crippen LogP contribution >= 0.6 is 0 Å². The van der Waals surface area contributed by atoms with E-state index in [1.807, 2.05) is 48.5 Å². The molecule has 10 heteroatoms. The minimum absolute atomic E-state index is 0.0236. The van der Waals surface area contributed by atoms with Gasteiger partial charge in [-0.2, -0.15) is 0 Å². The van der Waals surface area contributed by atoms with Gasteiger partial charge in [0.2, 0.25) is 5.91 Å². The van der Waals surface area contributed by atoms with E-state index in [1.165, 1.54) is 4.90 Å². The predicted octanol–water partition coefficient (Wildman–Crippen LogP) is 1.63. The molecule has 174 valence electrons. The van der Waals surface area contributed by atoms with Crippen molar-refractivity contribution in [1.82, 2.24) is 10.2 Å². The summed E-state index contributed by atoms with van der Waals surface area (Å²) in [6.07, 6.45) is -1.53. The van der Waals surface area contributed by atoms with Crippen LogP contribution in [0, 0.1) is 0 Å². The lowest BCUT2D eigenvalue weighted by molar-refractivity contribution is -0.142. The van der Waals surface area contributed by atoms with Gasteiger partial charge in [0.25, 0.3) is 0 Å². The predicted molar refractivity (Wildman–Crippen MR) is 119 cm³/mol. The monoisotopic (exact) mass is 472 g/mol. The molecule has 2 aliphatic rings. The van der Waals surface area contributed by atoms with Crippen molar-refractivity contribution in [2.24, 2.45) is 0 Å². The lowest BCUT2D eigenvalue weighted by Gasteiger charge is -2.30. The first-order valence-corrected chi connectivity index (χ1v) is 12.4. The number of ether oxygens (including phenoxy) is 1. The summed E-state index contributed by atoms with van der Waals surface area (Å²) < 4.78 is 28.6. The van der Waals surface area contributed by atoms with Gasteiger partial charge in [-0.3, -0.25) is 9.59 Å². The molecule has 1 atom stereocenters. The third-order valence-corrected chi connectivity index (χ3v) is 7.58. The van der Waals surface area contributed by atoms with Gasteiger partial charge in [-0.1, -0.05) is 48.5 Å². The molecule has 1 saturated heterocycles. The summed E-state index contributed by atoms with van der Waals surface area (Å²) in [5.74, 6) is -2.46. The second kappa shape index (κ2) is 9.22. The number of alkyl carbamates (subject to hydrolysis) is 1. The molecular formula is C23H24N2O7S. The first-order chi connectivity index (χ1) is 15.7. The Kier molecular flexibility index (Phi) is 6.37. The van der Waals surface area contributed by atoms with Crippen LogP contribution in [0.15, 0.2) is 48.5 Å². The van der Waals surface area contributed by atoms with Crippen molar-refractivity contribution >= 4 is 27.8 Å². The highest BCUT2D eigenvalue weighted by Crippen LogP contribution is 2.44. The molecule has 2 amide bonds. The molecule has 1 fully saturated rings. The van der Waals surface area contributed by atoms with E-state index in [0.29, 0.717) is 0 Å². The third kappa shape index (κ3) is 5.00. The Labute approximate surface area is 191 Å². The molecule has 2 N–H and O–H groups in total. The Morgan fingerprint density at radius 2 is 1.55 bits per heavy atom. The van der Waals surface area contributed by atoms with Crippen LogP contribution in [0.4, 0.5) is 4.79 Å². The van der Waals surface area contributed by atoms with Crippen molar-refractivity contribution in [2.45, 2.75) is 18.4 Å². The highest BCUT2D eigenvalue weighted by atomic mass is 32.2. The Hall–Kier alpha value is -3.40. The average Bonchev–Trinajstić information content (AvgIpc) is 3.10. The number of sulfone groups is 1. The van der Waals surface area contributed by atoms with Crippen molar-refractivity contribution in [2.75, 3.05) is 31.2 Å². The van der Waals surface area contributed by atoms with E-state index >= 15 is 0 Å². The summed E-state index contributed by atoms with van der Waals surface area (Å²) in [5, 5.41) is 11.5. The van der Waals surface area contributed by atoms with E-state index in [0.717, 1.165) is 22.3 Å². The number of fused-ring (bicyclic) bond motifs is 3. The molecule has 1 aliphatic carbocycles. The summed E-state index contributed by atoms with van der Waals surface area (Å²) >= 11 is 0. The number of hydrogen-bond acceptors (Lipinski definition) is 6. The fourth-order valence-corrected chi connectivity index (χ4v) is 5.51. The lowest BCUT2D eigenvalue weighted by atomic mass is 9.98. The molecule has 0 aromatic heterocycles. The van der Waals surface area contributed by atoms with Crippen LogP contribution in [0.2, 0.25) is 0 Å². The van der Waals surface area contributed by atoms with E-state index in [9.17, 15) is 27.9 Å². The van der Waals surface area contributed by atoms with Gasteiger partial charge in [0, 0.05) is 19.0 Å². The number of carbonyl (C=O) groups is 3. The fourth-order valence-electron chi connectivity index (χ4n) is 4.31. The molecule has 0 unspecified atom stereocenters. The summed E-state index contributed by atoms with van der Waals surface area (Å²) in [7, 11) is -3.21. The summed E-state index contributed by atoms with van der Waals surface area (Å²) in [4.78, 5) is 37.8. The SMILES string of the molecule is O=C(O)C[C@H](NC(=O)OCC1c2ccccc2-c2ccccc21)C(=O)N1CCS(=O)(=O)CC1. The Balaban J connectivity index is 1.42. The summed E-state index contributed by atoms with van der Waals surface area (Å²) in [6, 6.07) is 14.3. The van der Waals surface area contributed by atoms with E-state index in [-0.39, 0.29) is 37.1 Å². The normalized spacial score (nSPS) is 17.5. The molecule has 1 heterocycles. The fraction of sp³-hybridized carbons (Fsp3) is 0.348. The zero-order chi connectivity index (χ0) is 23.6. The van der Waals surface area contributed by atoms with Gasteiger partial charge in [0.1, 0.15) is 12.6 Å². The zero-order valence-electron chi connectivity index (χ0n) is 17.8. The van der Waals surface area contributed by atoms with Crippen molar-refractivity contribution in [3.63, 3.8) is 0 Å². The second-order valence-electron chi connectivity index (χ2n) is 8.10. The first kappa shape index (κ1) is 22.8. The number of hydrogen-bond donors (Lipinski definition) is 2. The van der Waals surface area contributed by atoms with Crippen LogP contribution in [0.25, 0.3) is 11.1 Å². The number of rotatable bonds is 6. The Morgan fingerprint density at radius 1 is 1.00 bits per heavy atom. The molecular weight excluding hydrogens is 448 g/mol. The molecule has 2 aromatic carbocycles. The van der Waals surface area contributed by atoms with E-state index in [1.54, 1.807) is 0 Å². The van der Waals surface area contributed by atoms with E-state index < -0.39 is 40.3 Å². The van der Waals surface area contributed by atoms with Crippen LogP contribution in [-0.2, 0) is 24.2 Å². The largest absolute Gasteiger partial charge is 0.481 e. The van der Waals surface area contributed by atoms with Crippen LogP contribution in [0.5, 0.6) is 0 Å². The number of carboxylic acid groups (broad SMARTS) is 1. The van der Waals surface area contributed by atoms with Crippen molar-refractivity contribution in [3.8, 4) is 11.1 Å². The van der Waals surface area contributed by atoms with Crippen LogP contribution < -0.4 is 5.32 Å². The van der Waals surface area contributed by atoms with Gasteiger partial charge >= 0.3 is 12.1 Å². The van der Waals surface area contributed by atoms with Gasteiger partial charge in [-0.25, -0.2) is 13.2 Å². The van der Waals surface area contributed by atoms with Crippen molar-refractivity contribution in [3.05, 3.63) is 59.7 Å². The van der Waals surface area contributed by atoms with Crippen molar-refractivity contribution < 1.29 is 32.6 Å². The summed E-state index contributed by atoms with van der Waals surface area (Å²) in [5.41, 5.74) is 4.19. The molecule has 0 radical (unpaired) electrons. The molecule has 1 aliphatic heterocycles. The molecule has 0 bridgehead atoms. The quantitative estimate of drug-likeness (QED) is 0.653. The Bertz CT molecular complexity index is 1140. The molecule has 9 nitrogen and oxygen atoms in total. The van der Waals surface area contributed by atoms with E-state index in [2.05, 4.69) is 5.32 Å². The maximum atomic E-state index is 12.8. The van der Waals surface area contributed by atoms with Crippen LogP contribution in [0.3, 0.4) is 0 Å². The number of aliphatic carboxylic acids is 1. The molecule has 2 aromatic rings. The molecule has 33 heavy (non-hydrogen) atoms. The Morgan fingerprint density at radius 3 is 2.09 bits per heavy atom. The molecule has 0 spiro atoms. The highest BCUT2D eigenvalue weighted by Gasteiger charge is 2.33. The van der Waals surface area contributed by atoms with Crippen LogP contribution in [0.1, 0.15) is 23.5 Å². The number of amides is 2. The average molecular weight is 473 g/mol. The molecule has 4 rings (SSSR count). The minimum atomic E-state index is -3.21. The lowest BCUT2D eigenvalue weighted by Crippen LogP contribution is -2.53. The minimum Gasteiger partial charge on any atom is -0.481 e. The third-order valence-electron chi connectivity index (χ3n) is 5.97. The van der Waals surface area contributed by atoms with E-state index in [4.69, 9.17) is 4.74 Å². The number of nitrogens with zero attached hydrogens (tertiary/aromatic N) is 1. The topological polar surface area (TPSA) is 130 Å². The van der Waals surface area contributed by atoms with Crippen LogP contribution in [-0.4, -0.2) is 73.6 Å². The van der Waals surface area contributed by atoms with Gasteiger partial charge in [-0.15, -0.1) is 0 Å². The highest BCUT2D eigenvalue weighted by molar-refractivity contribution is 7.91. The van der Waals surface area contributed by atoms with Crippen molar-refractivity contribution in [1.29, 1.82) is 0 Å². The van der Waals surface area contributed by atoms with Gasteiger partial charge in [0.15, 0.2) is 9.84 Å². The number of benzene rings is 2. The number of carbonyl (C=O) groups excluding carboxylic acids is 2. The maximum absolute atomic E-state index is 12.8. The standard InChI is InChI=1S/C23H24N2O7S/c26-21(27)13-20(22(28)25-9-11-33(30,31)12-10-25)24-23(29)32-14-19-17-7-3-1-5-15(17)16-6-2-4-8-18(16)19/h1-8,19-20H,9-14H2,(H,24,29)(H,26,27)/t20-/m0/s1. The second-order valence-corrected chi connectivity index (χ2v) is 10.4. The zero-order valence-corrected chi connectivity index (χ0v) is 18.6. The molecule has 0 saturated carbocycles. The van der Waals surface area contributed by atoms with Gasteiger partial charge in [0.05, 0.1) is 17.9 Å². The maximum Gasteiger partial charge on any atom is 0.407 e. The van der Waals surface area contributed by atoms with Gasteiger partial charge in [-0.05, 0) is 22.3 Å². The van der Waals surface area contributed by atoms with Gasteiger partial charge < -0.3 is 20.1 Å².